The van der Waals surface area contributed by atoms with Gasteiger partial charge in [-0.1, -0.05) is 0 Å². The van der Waals surface area contributed by atoms with E-state index in [1.807, 2.05) is 0 Å². The topological polar surface area (TPSA) is 28.1 Å². The van der Waals surface area contributed by atoms with Crippen LogP contribution in [-0.4, -0.2) is 10.7 Å². The minimum atomic E-state index is 1.13. The van der Waals surface area contributed by atoms with E-state index < -0.39 is 0 Å². The summed E-state index contributed by atoms with van der Waals surface area (Å²) in [4.78, 5) is 8.56. The number of nitrogens with zero attached hydrogens (tertiary/aromatic N) is 1. The number of aliphatic imine (C=N–C) groups is 1. The highest BCUT2D eigenvalue weighted by atomic mass is 14.8. The van der Waals surface area contributed by atoms with Crippen LogP contribution in [0.1, 0.15) is 69.7 Å². The third kappa shape index (κ3) is 2.12. The number of aryl methyl sites for hydroxylation is 1. The van der Waals surface area contributed by atoms with Crippen LogP contribution in [0.25, 0.3) is 11.3 Å². The van der Waals surface area contributed by atoms with Crippen LogP contribution in [0, 0.1) is 48.5 Å². The van der Waals surface area contributed by atoms with Gasteiger partial charge < -0.3 is 4.98 Å². The number of benzene rings is 1. The second kappa shape index (κ2) is 5.47. The standard InChI is InChI=1S/C22H28N2/c1-10-11(2)14(5)20-19(13(10)4)18(9)24-22(20)16(7)21-15(6)12(3)17(8)23-21/h23H,1-9H3. The molecule has 2 aromatic rings. The van der Waals surface area contributed by atoms with Gasteiger partial charge in [0.05, 0.1) is 5.70 Å². The summed E-state index contributed by atoms with van der Waals surface area (Å²) in [6, 6.07) is 0. The molecule has 1 aliphatic heterocycles. The number of nitrogens with one attached hydrogen (secondary N) is 1. The van der Waals surface area contributed by atoms with Gasteiger partial charge in [-0.2, -0.15) is 0 Å². The van der Waals surface area contributed by atoms with Crippen molar-refractivity contribution < 1.29 is 0 Å². The van der Waals surface area contributed by atoms with Crippen molar-refractivity contribution in [1.82, 2.24) is 4.98 Å². The third-order valence-electron chi connectivity index (χ3n) is 6.11. The Labute approximate surface area is 145 Å². The van der Waals surface area contributed by atoms with Crippen LogP contribution in [0.4, 0.5) is 0 Å². The third-order valence-corrected chi connectivity index (χ3v) is 6.11. The summed E-state index contributed by atoms with van der Waals surface area (Å²) in [5, 5.41) is 0. The molecule has 2 nitrogen and oxygen atoms in total. The van der Waals surface area contributed by atoms with Crippen molar-refractivity contribution in [3.63, 3.8) is 0 Å². The Morgan fingerprint density at radius 2 is 1.21 bits per heavy atom. The van der Waals surface area contributed by atoms with Gasteiger partial charge in [-0.25, -0.2) is 0 Å². The molecule has 0 saturated carbocycles. The van der Waals surface area contributed by atoms with E-state index in [9.17, 15) is 0 Å². The first kappa shape index (κ1) is 16.8. The van der Waals surface area contributed by atoms with E-state index in [0.29, 0.717) is 0 Å². The van der Waals surface area contributed by atoms with E-state index in [1.54, 1.807) is 0 Å². The zero-order valence-electron chi connectivity index (χ0n) is 16.4. The lowest BCUT2D eigenvalue weighted by Crippen LogP contribution is -2.04. The first-order valence-electron chi connectivity index (χ1n) is 8.70. The predicted octanol–water partition coefficient (Wildman–Crippen LogP) is 5.88. The Balaban J connectivity index is 2.37. The van der Waals surface area contributed by atoms with Crippen molar-refractivity contribution in [3.8, 4) is 0 Å². The van der Waals surface area contributed by atoms with Gasteiger partial charge in [0.15, 0.2) is 0 Å². The molecule has 0 aliphatic carbocycles. The number of hydrogen-bond acceptors (Lipinski definition) is 1. The number of allylic oxidation sites excluding steroid dienone is 1. The first-order chi connectivity index (χ1) is 11.2. The van der Waals surface area contributed by atoms with Crippen molar-refractivity contribution >= 4 is 17.0 Å². The molecule has 1 N–H and O–H groups in total. The summed E-state index contributed by atoms with van der Waals surface area (Å²) >= 11 is 0. The second-order valence-corrected chi connectivity index (χ2v) is 7.30. The predicted molar refractivity (Wildman–Crippen MR) is 105 cm³/mol. The van der Waals surface area contributed by atoms with Gasteiger partial charge in [0.25, 0.3) is 0 Å². The molecule has 0 atom stereocenters. The molecule has 0 spiro atoms. The molecule has 126 valence electrons. The zero-order chi connectivity index (χ0) is 17.9. The first-order valence-corrected chi connectivity index (χ1v) is 8.70. The number of aromatic amines is 1. The molecule has 0 saturated heterocycles. The molecule has 2 heteroatoms. The monoisotopic (exact) mass is 320 g/mol. The number of hydrogen-bond donors (Lipinski definition) is 1. The van der Waals surface area contributed by atoms with Gasteiger partial charge >= 0.3 is 0 Å². The number of H-pyrrole nitrogens is 1. The lowest BCUT2D eigenvalue weighted by atomic mass is 9.86. The fourth-order valence-electron chi connectivity index (χ4n) is 3.95. The van der Waals surface area contributed by atoms with Crippen molar-refractivity contribution in [3.05, 3.63) is 55.9 Å². The van der Waals surface area contributed by atoms with Gasteiger partial charge in [-0.15, -0.1) is 0 Å². The van der Waals surface area contributed by atoms with E-state index in [0.717, 1.165) is 11.4 Å². The molecule has 0 bridgehead atoms. The lowest BCUT2D eigenvalue weighted by Gasteiger charge is -2.17. The van der Waals surface area contributed by atoms with Crippen molar-refractivity contribution in [2.24, 2.45) is 4.99 Å². The Bertz CT molecular complexity index is 934. The van der Waals surface area contributed by atoms with E-state index >= 15 is 0 Å². The fraction of sp³-hybridized carbons (Fsp3) is 0.409. The van der Waals surface area contributed by atoms with Crippen LogP contribution in [0.3, 0.4) is 0 Å². The smallest absolute Gasteiger partial charge is 0.0764 e. The molecule has 1 aliphatic rings. The van der Waals surface area contributed by atoms with Gasteiger partial charge in [0.2, 0.25) is 0 Å². The summed E-state index contributed by atoms with van der Waals surface area (Å²) < 4.78 is 0. The number of fused-ring (bicyclic) bond motifs is 1. The lowest BCUT2D eigenvalue weighted by molar-refractivity contribution is 1.19. The summed E-state index contributed by atoms with van der Waals surface area (Å²) in [6.07, 6.45) is 0. The zero-order valence-corrected chi connectivity index (χ0v) is 16.4. The van der Waals surface area contributed by atoms with Crippen molar-refractivity contribution in [1.29, 1.82) is 0 Å². The normalized spacial score (nSPS) is 15.6. The Morgan fingerprint density at radius 1 is 0.667 bits per heavy atom. The van der Waals surface area contributed by atoms with Gasteiger partial charge in [0.1, 0.15) is 0 Å². The Morgan fingerprint density at radius 3 is 1.71 bits per heavy atom. The van der Waals surface area contributed by atoms with Gasteiger partial charge in [-0.3, -0.25) is 4.99 Å². The average Bonchev–Trinajstić information content (AvgIpc) is 3.02. The van der Waals surface area contributed by atoms with Crippen molar-refractivity contribution in [2.45, 2.75) is 62.3 Å². The average molecular weight is 320 g/mol. The molecule has 0 fully saturated rings. The van der Waals surface area contributed by atoms with Crippen molar-refractivity contribution in [2.75, 3.05) is 0 Å². The molecular formula is C22H28N2. The van der Waals surface area contributed by atoms with E-state index in [2.05, 4.69) is 67.3 Å². The molecule has 1 aromatic carbocycles. The van der Waals surface area contributed by atoms with E-state index in [1.165, 1.54) is 61.5 Å². The molecule has 1 aromatic heterocycles. The second-order valence-electron chi connectivity index (χ2n) is 7.30. The quantitative estimate of drug-likeness (QED) is 0.679. The summed E-state index contributed by atoms with van der Waals surface area (Å²) in [5.41, 5.74) is 16.8. The summed E-state index contributed by atoms with van der Waals surface area (Å²) in [7, 11) is 0. The van der Waals surface area contributed by atoms with E-state index in [4.69, 9.17) is 4.99 Å². The molecule has 2 heterocycles. The highest BCUT2D eigenvalue weighted by Crippen LogP contribution is 2.41. The largest absolute Gasteiger partial charge is 0.358 e. The summed E-state index contributed by atoms with van der Waals surface area (Å²) in [5.74, 6) is 0. The minimum Gasteiger partial charge on any atom is -0.358 e. The SMILES string of the molecule is CC1=NC(=C(C)c2[nH]c(C)c(C)c2C)c2c(C)c(C)c(C)c(C)c21. The van der Waals surface area contributed by atoms with Crippen LogP contribution in [-0.2, 0) is 0 Å². The molecule has 3 rings (SSSR count). The highest BCUT2D eigenvalue weighted by Gasteiger charge is 2.27. The Kier molecular flexibility index (Phi) is 3.82. The summed E-state index contributed by atoms with van der Waals surface area (Å²) in [6.45, 7) is 19.8. The van der Waals surface area contributed by atoms with E-state index in [-0.39, 0.29) is 0 Å². The van der Waals surface area contributed by atoms with Gasteiger partial charge in [-0.05, 0) is 101 Å². The fourth-order valence-corrected chi connectivity index (χ4v) is 3.95. The Hall–Kier alpha value is -2.09. The van der Waals surface area contributed by atoms with Crippen LogP contribution in [0.15, 0.2) is 4.99 Å². The minimum absolute atomic E-state index is 1.13. The highest BCUT2D eigenvalue weighted by molar-refractivity contribution is 6.15. The molecule has 0 radical (unpaired) electrons. The number of aromatic nitrogens is 1. The molecular weight excluding hydrogens is 292 g/mol. The maximum atomic E-state index is 4.99. The number of rotatable bonds is 1. The maximum Gasteiger partial charge on any atom is 0.0764 e. The maximum absolute atomic E-state index is 4.99. The molecule has 0 unspecified atom stereocenters. The molecule has 0 amide bonds. The van der Waals surface area contributed by atoms with Crippen LogP contribution in [0.5, 0.6) is 0 Å². The van der Waals surface area contributed by atoms with Crippen LogP contribution >= 0.6 is 0 Å². The molecule has 24 heavy (non-hydrogen) atoms. The van der Waals surface area contributed by atoms with Gasteiger partial charge in [0, 0.05) is 28.2 Å². The van der Waals surface area contributed by atoms with Crippen LogP contribution in [0.2, 0.25) is 0 Å². The van der Waals surface area contributed by atoms with Crippen LogP contribution < -0.4 is 0 Å².